The van der Waals surface area contributed by atoms with E-state index < -0.39 is 12.0 Å². The molecule has 0 radical (unpaired) electrons. The minimum absolute atomic E-state index is 0.0173. The number of carbonyl (C=O) groups is 2. The van der Waals surface area contributed by atoms with Crippen LogP contribution in [-0.4, -0.2) is 17.1 Å². The number of carboxylic acids is 1. The Morgan fingerprint density at radius 3 is 2.10 bits per heavy atom. The van der Waals surface area contributed by atoms with Crippen molar-refractivity contribution in [2.45, 2.75) is 0 Å². The first kappa shape index (κ1) is 13.4. The Kier molecular flexibility index (Phi) is 3.85. The summed E-state index contributed by atoms with van der Waals surface area (Å²) in [6.45, 7) is 0. The second-order valence-corrected chi connectivity index (χ2v) is 4.02. The summed E-state index contributed by atoms with van der Waals surface area (Å²) < 4.78 is 0. The van der Waals surface area contributed by atoms with Crippen LogP contribution in [0.1, 0.15) is 10.4 Å². The van der Waals surface area contributed by atoms with E-state index in [2.05, 4.69) is 10.6 Å². The fourth-order valence-corrected chi connectivity index (χ4v) is 1.67. The van der Waals surface area contributed by atoms with Gasteiger partial charge < -0.3 is 21.5 Å². The van der Waals surface area contributed by atoms with Crippen LogP contribution in [0.4, 0.5) is 21.9 Å². The van der Waals surface area contributed by atoms with Gasteiger partial charge in [-0.1, -0.05) is 24.3 Å². The molecule has 2 aromatic rings. The number of carbonyl (C=O) groups excluding carboxylic acids is 1. The van der Waals surface area contributed by atoms with E-state index in [1.807, 2.05) is 0 Å². The van der Waals surface area contributed by atoms with Crippen molar-refractivity contribution in [2.24, 2.45) is 0 Å². The van der Waals surface area contributed by atoms with Crippen molar-refractivity contribution in [2.75, 3.05) is 16.4 Å². The number of rotatable bonds is 3. The van der Waals surface area contributed by atoms with Crippen molar-refractivity contribution in [3.05, 3.63) is 54.1 Å². The maximum atomic E-state index is 11.8. The Balaban J connectivity index is 2.13. The predicted molar refractivity (Wildman–Crippen MR) is 76.9 cm³/mol. The van der Waals surface area contributed by atoms with Crippen LogP contribution in [0.25, 0.3) is 0 Å². The van der Waals surface area contributed by atoms with Crippen molar-refractivity contribution in [3.63, 3.8) is 0 Å². The third-order valence-electron chi connectivity index (χ3n) is 2.61. The average Bonchev–Trinajstić information content (AvgIpc) is 2.41. The van der Waals surface area contributed by atoms with Crippen LogP contribution in [0, 0.1) is 0 Å². The third-order valence-corrected chi connectivity index (χ3v) is 2.61. The van der Waals surface area contributed by atoms with Crippen molar-refractivity contribution < 1.29 is 14.7 Å². The molecule has 0 saturated heterocycles. The van der Waals surface area contributed by atoms with Crippen LogP contribution >= 0.6 is 0 Å². The number of hydrogen-bond acceptors (Lipinski definition) is 3. The Morgan fingerprint density at radius 1 is 0.900 bits per heavy atom. The second kappa shape index (κ2) is 5.75. The van der Waals surface area contributed by atoms with Gasteiger partial charge in [0, 0.05) is 0 Å². The highest BCUT2D eigenvalue weighted by molar-refractivity contribution is 6.05. The van der Waals surface area contributed by atoms with Gasteiger partial charge in [-0.25, -0.2) is 9.59 Å². The van der Waals surface area contributed by atoms with E-state index in [0.717, 1.165) is 0 Å². The maximum Gasteiger partial charge on any atom is 0.337 e. The highest BCUT2D eigenvalue weighted by Crippen LogP contribution is 2.18. The molecule has 0 heterocycles. The summed E-state index contributed by atoms with van der Waals surface area (Å²) in [5.74, 6) is -1.11. The number of nitrogen functional groups attached to an aromatic ring is 1. The molecule has 0 atom stereocenters. The molecule has 0 unspecified atom stereocenters. The summed E-state index contributed by atoms with van der Waals surface area (Å²) in [4.78, 5) is 22.9. The fourth-order valence-electron chi connectivity index (χ4n) is 1.67. The molecule has 0 aliphatic heterocycles. The minimum Gasteiger partial charge on any atom is -0.478 e. The minimum atomic E-state index is -1.11. The van der Waals surface area contributed by atoms with Crippen LogP contribution in [0.3, 0.4) is 0 Å². The number of urea groups is 1. The summed E-state index contributed by atoms with van der Waals surface area (Å²) >= 11 is 0. The molecule has 0 bridgehead atoms. The number of aromatic carboxylic acids is 1. The molecule has 2 rings (SSSR count). The largest absolute Gasteiger partial charge is 0.478 e. The molecular weight excluding hydrogens is 258 g/mol. The first-order valence-corrected chi connectivity index (χ1v) is 5.83. The number of carboxylic acid groups (broad SMARTS) is 1. The van der Waals surface area contributed by atoms with Gasteiger partial charge in [-0.2, -0.15) is 0 Å². The van der Waals surface area contributed by atoms with Crippen LogP contribution in [0.2, 0.25) is 0 Å². The van der Waals surface area contributed by atoms with Gasteiger partial charge >= 0.3 is 12.0 Å². The SMILES string of the molecule is Nc1ccccc1NC(=O)Nc1ccccc1C(=O)O. The maximum absolute atomic E-state index is 11.8. The van der Waals surface area contributed by atoms with Gasteiger partial charge in [-0.15, -0.1) is 0 Å². The summed E-state index contributed by atoms with van der Waals surface area (Å²) in [5, 5.41) is 14.1. The normalized spacial score (nSPS) is 9.80. The first-order chi connectivity index (χ1) is 9.58. The molecular formula is C14H13N3O3. The number of anilines is 3. The molecule has 0 aliphatic rings. The summed E-state index contributed by atoms with van der Waals surface area (Å²) in [6.07, 6.45) is 0. The lowest BCUT2D eigenvalue weighted by molar-refractivity contribution is 0.0698. The highest BCUT2D eigenvalue weighted by atomic mass is 16.4. The lowest BCUT2D eigenvalue weighted by atomic mass is 10.2. The van der Waals surface area contributed by atoms with Crippen LogP contribution in [0.5, 0.6) is 0 Å². The zero-order chi connectivity index (χ0) is 14.5. The van der Waals surface area contributed by atoms with Gasteiger partial charge in [0.05, 0.1) is 22.6 Å². The number of para-hydroxylation sites is 3. The lowest BCUT2D eigenvalue weighted by Gasteiger charge is -2.11. The molecule has 2 amide bonds. The standard InChI is InChI=1S/C14H13N3O3/c15-10-6-2-4-8-12(10)17-14(20)16-11-7-3-1-5-9(11)13(18)19/h1-8H,15H2,(H,18,19)(H2,16,17,20). The zero-order valence-corrected chi connectivity index (χ0v) is 10.5. The van der Waals surface area contributed by atoms with Gasteiger partial charge in [0.2, 0.25) is 0 Å². The van der Waals surface area contributed by atoms with Crippen LogP contribution in [-0.2, 0) is 0 Å². The van der Waals surface area contributed by atoms with Crippen LogP contribution in [0.15, 0.2) is 48.5 Å². The van der Waals surface area contributed by atoms with Gasteiger partial charge in [0.25, 0.3) is 0 Å². The number of benzene rings is 2. The number of nitrogens with one attached hydrogen (secondary N) is 2. The molecule has 6 nitrogen and oxygen atoms in total. The molecule has 20 heavy (non-hydrogen) atoms. The average molecular weight is 271 g/mol. The highest BCUT2D eigenvalue weighted by Gasteiger charge is 2.12. The molecule has 0 fully saturated rings. The van der Waals surface area contributed by atoms with Crippen LogP contribution < -0.4 is 16.4 Å². The second-order valence-electron chi connectivity index (χ2n) is 4.02. The van der Waals surface area contributed by atoms with Gasteiger partial charge in [0.1, 0.15) is 0 Å². The Bertz CT molecular complexity index is 656. The molecule has 0 spiro atoms. The lowest BCUT2D eigenvalue weighted by Crippen LogP contribution is -2.21. The molecule has 2 aromatic carbocycles. The summed E-state index contributed by atoms with van der Waals surface area (Å²) in [7, 11) is 0. The van der Waals surface area contributed by atoms with E-state index in [1.165, 1.54) is 12.1 Å². The van der Waals surface area contributed by atoms with E-state index in [0.29, 0.717) is 11.4 Å². The van der Waals surface area contributed by atoms with Crippen molar-refractivity contribution in [1.29, 1.82) is 0 Å². The van der Waals surface area contributed by atoms with Crippen molar-refractivity contribution in [3.8, 4) is 0 Å². The molecule has 5 N–H and O–H groups in total. The van der Waals surface area contributed by atoms with Gasteiger partial charge in [-0.05, 0) is 24.3 Å². The predicted octanol–water partition coefficient (Wildman–Crippen LogP) is 2.61. The van der Waals surface area contributed by atoms with E-state index in [4.69, 9.17) is 10.8 Å². The molecule has 0 saturated carbocycles. The number of nitrogens with two attached hydrogens (primary N) is 1. The summed E-state index contributed by atoms with van der Waals surface area (Å²) in [6, 6.07) is 12.4. The smallest absolute Gasteiger partial charge is 0.337 e. The number of hydrogen-bond donors (Lipinski definition) is 4. The third kappa shape index (κ3) is 3.05. The van der Waals surface area contributed by atoms with Gasteiger partial charge in [0.15, 0.2) is 0 Å². The molecule has 0 aromatic heterocycles. The fraction of sp³-hybridized carbons (Fsp3) is 0. The van der Waals surface area contributed by atoms with E-state index in [1.54, 1.807) is 36.4 Å². The molecule has 102 valence electrons. The van der Waals surface area contributed by atoms with E-state index >= 15 is 0 Å². The molecule has 0 aliphatic carbocycles. The Morgan fingerprint density at radius 2 is 1.45 bits per heavy atom. The topological polar surface area (TPSA) is 104 Å². The van der Waals surface area contributed by atoms with E-state index in [-0.39, 0.29) is 11.3 Å². The summed E-state index contributed by atoms with van der Waals surface area (Å²) in [5.41, 5.74) is 6.82. The number of amides is 2. The first-order valence-electron chi connectivity index (χ1n) is 5.83. The van der Waals surface area contributed by atoms with Gasteiger partial charge in [-0.3, -0.25) is 0 Å². The van der Waals surface area contributed by atoms with E-state index in [9.17, 15) is 9.59 Å². The Labute approximate surface area is 115 Å². The van der Waals surface area contributed by atoms with Crippen molar-refractivity contribution >= 4 is 29.1 Å². The monoisotopic (exact) mass is 271 g/mol. The molecule has 6 heteroatoms. The quantitative estimate of drug-likeness (QED) is 0.644. The Hall–Kier alpha value is -3.02. The zero-order valence-electron chi connectivity index (χ0n) is 10.5. The van der Waals surface area contributed by atoms with Crippen molar-refractivity contribution in [1.82, 2.24) is 0 Å².